The van der Waals surface area contributed by atoms with E-state index >= 15 is 0 Å². The molecule has 0 saturated carbocycles. The van der Waals surface area contributed by atoms with Crippen LogP contribution in [-0.2, 0) is 10.0 Å². The summed E-state index contributed by atoms with van der Waals surface area (Å²) in [5.41, 5.74) is 1.59. The van der Waals surface area contributed by atoms with Crippen LogP contribution >= 0.6 is 0 Å². The van der Waals surface area contributed by atoms with Crippen molar-refractivity contribution in [1.82, 2.24) is 4.98 Å². The minimum absolute atomic E-state index is 0.245. The SMILES string of the molecule is CC(C)c1ccc(S(=O)(=O)Nc2cncc3ccccc23)cc1. The lowest BCUT2D eigenvalue weighted by Crippen LogP contribution is -2.13. The van der Waals surface area contributed by atoms with E-state index in [0.717, 1.165) is 16.3 Å². The van der Waals surface area contributed by atoms with Crippen molar-refractivity contribution in [3.8, 4) is 0 Å². The number of fused-ring (bicyclic) bond motifs is 1. The van der Waals surface area contributed by atoms with E-state index in [4.69, 9.17) is 0 Å². The molecule has 23 heavy (non-hydrogen) atoms. The monoisotopic (exact) mass is 326 g/mol. The molecule has 0 unspecified atom stereocenters. The molecular weight excluding hydrogens is 308 g/mol. The first-order chi connectivity index (χ1) is 11.0. The number of rotatable bonds is 4. The number of sulfonamides is 1. The normalized spacial score (nSPS) is 11.8. The zero-order valence-electron chi connectivity index (χ0n) is 13.0. The van der Waals surface area contributed by atoms with Gasteiger partial charge in [-0.2, -0.15) is 0 Å². The molecule has 4 nitrogen and oxygen atoms in total. The van der Waals surface area contributed by atoms with Crippen molar-refractivity contribution < 1.29 is 8.42 Å². The Kier molecular flexibility index (Phi) is 4.05. The van der Waals surface area contributed by atoms with Crippen molar-refractivity contribution in [3.05, 3.63) is 66.5 Å². The highest BCUT2D eigenvalue weighted by Crippen LogP contribution is 2.25. The highest BCUT2D eigenvalue weighted by molar-refractivity contribution is 7.92. The molecule has 0 radical (unpaired) electrons. The average molecular weight is 326 g/mol. The van der Waals surface area contributed by atoms with Gasteiger partial charge in [0.05, 0.1) is 16.8 Å². The Balaban J connectivity index is 1.97. The first-order valence-electron chi connectivity index (χ1n) is 7.43. The van der Waals surface area contributed by atoms with Gasteiger partial charge in [-0.15, -0.1) is 0 Å². The van der Waals surface area contributed by atoms with Gasteiger partial charge in [-0.05, 0) is 23.6 Å². The zero-order chi connectivity index (χ0) is 16.4. The molecule has 118 valence electrons. The van der Waals surface area contributed by atoms with Gasteiger partial charge in [-0.1, -0.05) is 50.2 Å². The summed E-state index contributed by atoms with van der Waals surface area (Å²) in [5, 5.41) is 1.72. The number of nitrogens with one attached hydrogen (secondary N) is 1. The van der Waals surface area contributed by atoms with Crippen LogP contribution in [0.15, 0.2) is 65.8 Å². The fourth-order valence-corrected chi connectivity index (χ4v) is 3.50. The van der Waals surface area contributed by atoms with Crippen LogP contribution in [0.25, 0.3) is 10.8 Å². The molecule has 0 amide bonds. The van der Waals surface area contributed by atoms with Crippen LogP contribution in [-0.4, -0.2) is 13.4 Å². The Labute approximate surface area is 136 Å². The van der Waals surface area contributed by atoms with Crippen LogP contribution in [0.2, 0.25) is 0 Å². The average Bonchev–Trinajstić information content (AvgIpc) is 2.55. The van der Waals surface area contributed by atoms with Crippen LogP contribution in [0.1, 0.15) is 25.3 Å². The summed E-state index contributed by atoms with van der Waals surface area (Å²) in [6, 6.07) is 14.5. The van der Waals surface area contributed by atoms with Crippen molar-refractivity contribution >= 4 is 26.5 Å². The molecule has 0 spiro atoms. The molecule has 0 fully saturated rings. The molecule has 2 aromatic carbocycles. The van der Waals surface area contributed by atoms with E-state index in [2.05, 4.69) is 23.6 Å². The molecule has 0 atom stereocenters. The molecule has 0 saturated heterocycles. The Morgan fingerprint density at radius 1 is 0.957 bits per heavy atom. The quantitative estimate of drug-likeness (QED) is 0.783. The maximum atomic E-state index is 12.6. The molecule has 0 aliphatic heterocycles. The Bertz CT molecular complexity index is 927. The highest BCUT2D eigenvalue weighted by atomic mass is 32.2. The summed E-state index contributed by atoms with van der Waals surface area (Å²) in [6.07, 6.45) is 3.24. The Morgan fingerprint density at radius 2 is 1.65 bits per heavy atom. The zero-order valence-corrected chi connectivity index (χ0v) is 13.8. The molecular formula is C18H18N2O2S. The molecule has 1 heterocycles. The Hall–Kier alpha value is -2.40. The van der Waals surface area contributed by atoms with E-state index in [-0.39, 0.29) is 4.90 Å². The standard InChI is InChI=1S/C18H18N2O2S/c1-13(2)14-7-9-16(10-8-14)23(21,22)20-18-12-19-11-15-5-3-4-6-17(15)18/h3-13,20H,1-2H3. The smallest absolute Gasteiger partial charge is 0.261 e. The van der Waals surface area contributed by atoms with Crippen LogP contribution in [0.5, 0.6) is 0 Å². The number of pyridine rings is 1. The largest absolute Gasteiger partial charge is 0.277 e. The molecule has 0 bridgehead atoms. The van der Waals surface area contributed by atoms with Crippen LogP contribution in [0.4, 0.5) is 5.69 Å². The predicted molar refractivity (Wildman–Crippen MR) is 93.1 cm³/mol. The van der Waals surface area contributed by atoms with E-state index in [9.17, 15) is 8.42 Å². The molecule has 0 aliphatic carbocycles. The van der Waals surface area contributed by atoms with Crippen molar-refractivity contribution in [1.29, 1.82) is 0 Å². The lowest BCUT2D eigenvalue weighted by molar-refractivity contribution is 0.601. The maximum absolute atomic E-state index is 12.6. The second-order valence-corrected chi connectivity index (χ2v) is 7.42. The summed E-state index contributed by atoms with van der Waals surface area (Å²) in [7, 11) is -3.64. The van der Waals surface area contributed by atoms with Gasteiger partial charge in [-0.3, -0.25) is 9.71 Å². The third-order valence-electron chi connectivity index (χ3n) is 3.77. The summed E-state index contributed by atoms with van der Waals surface area (Å²) in [4.78, 5) is 4.35. The summed E-state index contributed by atoms with van der Waals surface area (Å²) in [5.74, 6) is 0.363. The van der Waals surface area contributed by atoms with E-state index in [1.165, 1.54) is 6.20 Å². The molecule has 0 aliphatic rings. The second kappa shape index (κ2) is 6.01. The van der Waals surface area contributed by atoms with E-state index in [1.807, 2.05) is 36.4 Å². The fraction of sp³-hybridized carbons (Fsp3) is 0.167. The van der Waals surface area contributed by atoms with Crippen LogP contribution < -0.4 is 4.72 Å². The minimum atomic E-state index is -3.64. The van der Waals surface area contributed by atoms with Gasteiger partial charge in [0.25, 0.3) is 10.0 Å². The van der Waals surface area contributed by atoms with Gasteiger partial charge in [-0.25, -0.2) is 8.42 Å². The topological polar surface area (TPSA) is 59.1 Å². The highest BCUT2D eigenvalue weighted by Gasteiger charge is 2.16. The number of benzene rings is 2. The van der Waals surface area contributed by atoms with E-state index < -0.39 is 10.0 Å². The van der Waals surface area contributed by atoms with Crippen molar-refractivity contribution in [2.75, 3.05) is 4.72 Å². The Morgan fingerprint density at radius 3 is 2.35 bits per heavy atom. The third-order valence-corrected chi connectivity index (χ3v) is 5.15. The molecule has 5 heteroatoms. The molecule has 3 rings (SSSR count). The van der Waals surface area contributed by atoms with Gasteiger partial charge in [0.1, 0.15) is 0 Å². The number of nitrogens with zero attached hydrogens (tertiary/aromatic N) is 1. The second-order valence-electron chi connectivity index (χ2n) is 5.74. The lowest BCUT2D eigenvalue weighted by Gasteiger charge is -2.11. The first-order valence-corrected chi connectivity index (χ1v) is 8.91. The van der Waals surface area contributed by atoms with Crippen molar-refractivity contribution in [2.24, 2.45) is 0 Å². The fourth-order valence-electron chi connectivity index (χ4n) is 2.43. The summed E-state index contributed by atoms with van der Waals surface area (Å²) < 4.78 is 27.8. The number of anilines is 1. The maximum Gasteiger partial charge on any atom is 0.261 e. The van der Waals surface area contributed by atoms with E-state index in [1.54, 1.807) is 18.3 Å². The van der Waals surface area contributed by atoms with E-state index in [0.29, 0.717) is 11.6 Å². The van der Waals surface area contributed by atoms with Gasteiger partial charge >= 0.3 is 0 Å². The molecule has 1 aromatic heterocycles. The van der Waals surface area contributed by atoms with Crippen LogP contribution in [0, 0.1) is 0 Å². The first kappa shape index (κ1) is 15.5. The van der Waals surface area contributed by atoms with Gasteiger partial charge in [0.15, 0.2) is 0 Å². The molecule has 3 aromatic rings. The minimum Gasteiger partial charge on any atom is -0.277 e. The molecule has 1 N–H and O–H groups in total. The van der Waals surface area contributed by atoms with Crippen LogP contribution in [0.3, 0.4) is 0 Å². The van der Waals surface area contributed by atoms with Crippen molar-refractivity contribution in [3.63, 3.8) is 0 Å². The number of hydrogen-bond donors (Lipinski definition) is 1. The summed E-state index contributed by atoms with van der Waals surface area (Å²) in [6.45, 7) is 4.15. The van der Waals surface area contributed by atoms with Gasteiger partial charge < -0.3 is 0 Å². The number of aromatic nitrogens is 1. The van der Waals surface area contributed by atoms with Crippen molar-refractivity contribution in [2.45, 2.75) is 24.7 Å². The van der Waals surface area contributed by atoms with Gasteiger partial charge in [0.2, 0.25) is 0 Å². The number of hydrogen-bond acceptors (Lipinski definition) is 3. The lowest BCUT2D eigenvalue weighted by atomic mass is 10.0. The van der Waals surface area contributed by atoms with Gasteiger partial charge in [0, 0.05) is 17.0 Å². The predicted octanol–water partition coefficient (Wildman–Crippen LogP) is 4.16. The third kappa shape index (κ3) is 3.19. The summed E-state index contributed by atoms with van der Waals surface area (Å²) >= 11 is 0.